The van der Waals surface area contributed by atoms with Crippen LogP contribution in [0.25, 0.3) is 0 Å². The second kappa shape index (κ2) is 7.55. The highest BCUT2D eigenvalue weighted by Gasteiger charge is 2.64. The highest BCUT2D eigenvalue weighted by atomic mass is 16.5. The van der Waals surface area contributed by atoms with Gasteiger partial charge in [-0.05, 0) is 88.8 Å². The van der Waals surface area contributed by atoms with Gasteiger partial charge in [0.2, 0.25) is 5.91 Å². The van der Waals surface area contributed by atoms with Crippen LogP contribution in [0.5, 0.6) is 0 Å². The molecule has 0 radical (unpaired) electrons. The Labute approximate surface area is 170 Å². The number of carbonyl (C=O) groups excluding carboxylic acids is 1. The number of fused-ring (bicyclic) bond motifs is 2. The molecule has 0 unspecified atom stereocenters. The number of hydrogen-bond donors (Lipinski definition) is 0. The highest BCUT2D eigenvalue weighted by molar-refractivity contribution is 5.84. The summed E-state index contributed by atoms with van der Waals surface area (Å²) in [4.78, 5) is 21.0. The Bertz CT molecular complexity index is 576. The van der Waals surface area contributed by atoms with E-state index in [4.69, 9.17) is 4.74 Å². The molecule has 4 saturated heterocycles. The van der Waals surface area contributed by atoms with E-state index < -0.39 is 0 Å². The van der Waals surface area contributed by atoms with E-state index in [1.165, 1.54) is 64.6 Å². The fourth-order valence-corrected chi connectivity index (χ4v) is 7.45. The van der Waals surface area contributed by atoms with Crippen molar-refractivity contribution in [1.29, 1.82) is 0 Å². The Morgan fingerprint density at radius 2 is 1.71 bits per heavy atom. The Kier molecular flexibility index (Phi) is 5.21. The number of rotatable bonds is 3. The molecule has 1 amide bonds. The van der Waals surface area contributed by atoms with Crippen LogP contribution in [-0.4, -0.2) is 86.7 Å². The molecule has 0 aromatic rings. The Morgan fingerprint density at radius 3 is 2.43 bits per heavy atom. The second-order valence-electron chi connectivity index (χ2n) is 10.6. The average molecular weight is 390 g/mol. The molecule has 5 rings (SSSR count). The zero-order chi connectivity index (χ0) is 19.2. The molecule has 5 nitrogen and oxygen atoms in total. The topological polar surface area (TPSA) is 36.0 Å². The molecule has 1 saturated carbocycles. The maximum Gasteiger partial charge on any atom is 0.230 e. The minimum atomic E-state index is -0.0675. The predicted molar refractivity (Wildman–Crippen MR) is 110 cm³/mol. The molecule has 28 heavy (non-hydrogen) atoms. The van der Waals surface area contributed by atoms with Gasteiger partial charge in [0.25, 0.3) is 0 Å². The lowest BCUT2D eigenvalue weighted by molar-refractivity contribution is -0.143. The Hall–Kier alpha value is -0.650. The quantitative estimate of drug-likeness (QED) is 0.743. The largest absolute Gasteiger partial charge is 0.381 e. The van der Waals surface area contributed by atoms with Crippen molar-refractivity contribution in [3.05, 3.63) is 0 Å². The molecule has 5 fully saturated rings. The van der Waals surface area contributed by atoms with Crippen molar-refractivity contribution in [1.82, 2.24) is 14.7 Å². The predicted octanol–water partition coefficient (Wildman–Crippen LogP) is 2.46. The first-order chi connectivity index (χ1) is 13.6. The molecule has 1 spiro atoms. The van der Waals surface area contributed by atoms with Crippen molar-refractivity contribution in [3.8, 4) is 0 Å². The van der Waals surface area contributed by atoms with Gasteiger partial charge in [0.15, 0.2) is 0 Å². The first-order valence-electron chi connectivity index (χ1n) is 11.9. The van der Waals surface area contributed by atoms with E-state index in [0.717, 1.165) is 51.7 Å². The molecule has 0 aromatic heterocycles. The number of nitrogens with zero attached hydrogens (tertiary/aromatic N) is 3. The first-order valence-corrected chi connectivity index (χ1v) is 11.9. The number of likely N-dealkylation sites (tertiary alicyclic amines) is 3. The zero-order valence-electron chi connectivity index (χ0n) is 17.8. The highest BCUT2D eigenvalue weighted by Crippen LogP contribution is 2.62. The molecular weight excluding hydrogens is 350 g/mol. The molecule has 5 aliphatic rings. The number of amides is 1. The summed E-state index contributed by atoms with van der Waals surface area (Å²) in [5.74, 6) is 1.93. The van der Waals surface area contributed by atoms with Crippen molar-refractivity contribution in [2.75, 3.05) is 66.1 Å². The summed E-state index contributed by atoms with van der Waals surface area (Å²) in [7, 11) is 2.24. The standard InChI is InChI=1S/C23H39N3O2/c1-24-17-20-22(6-7-23(20,18-24)21(27)26-10-2-3-11-26)8-12-25(13-9-22)16-19-4-14-28-15-5-19/h19-20H,2-18H2,1H3/t20-,23+/m0/s1. The number of piperidine rings is 1. The molecule has 0 aromatic carbocycles. The minimum absolute atomic E-state index is 0.0675. The van der Waals surface area contributed by atoms with Gasteiger partial charge in [-0.15, -0.1) is 0 Å². The maximum absolute atomic E-state index is 13.6. The Morgan fingerprint density at radius 1 is 1.00 bits per heavy atom. The molecule has 0 N–H and O–H groups in total. The summed E-state index contributed by atoms with van der Waals surface area (Å²) < 4.78 is 5.54. The molecule has 158 valence electrons. The van der Waals surface area contributed by atoms with Gasteiger partial charge >= 0.3 is 0 Å². The van der Waals surface area contributed by atoms with Crippen LogP contribution in [0.1, 0.15) is 51.4 Å². The van der Waals surface area contributed by atoms with Crippen LogP contribution in [0.15, 0.2) is 0 Å². The monoisotopic (exact) mass is 389 g/mol. The summed E-state index contributed by atoms with van der Waals surface area (Å²) in [5.41, 5.74) is 0.355. The lowest BCUT2D eigenvalue weighted by atomic mass is 9.65. The van der Waals surface area contributed by atoms with E-state index in [-0.39, 0.29) is 5.41 Å². The SMILES string of the molecule is CN1C[C@H]2C3(CCN(CC4CCOCC4)CC3)CC[C@@]2(C(=O)N2CCCC2)C1. The van der Waals surface area contributed by atoms with Gasteiger partial charge in [0, 0.05) is 45.9 Å². The second-order valence-corrected chi connectivity index (χ2v) is 10.6. The van der Waals surface area contributed by atoms with Gasteiger partial charge in [-0.25, -0.2) is 0 Å². The zero-order valence-corrected chi connectivity index (χ0v) is 17.8. The molecule has 4 heterocycles. The Balaban J connectivity index is 1.27. The molecular formula is C23H39N3O2. The van der Waals surface area contributed by atoms with Crippen molar-refractivity contribution >= 4 is 5.91 Å². The number of ether oxygens (including phenoxy) is 1. The van der Waals surface area contributed by atoms with Gasteiger partial charge < -0.3 is 19.4 Å². The van der Waals surface area contributed by atoms with E-state index in [2.05, 4.69) is 21.7 Å². The van der Waals surface area contributed by atoms with Crippen LogP contribution in [0.2, 0.25) is 0 Å². The lowest BCUT2D eigenvalue weighted by Gasteiger charge is -2.45. The summed E-state index contributed by atoms with van der Waals surface area (Å²) >= 11 is 0. The van der Waals surface area contributed by atoms with Gasteiger partial charge in [0.05, 0.1) is 5.41 Å². The molecule has 4 aliphatic heterocycles. The third kappa shape index (κ3) is 3.22. The molecule has 2 atom stereocenters. The first kappa shape index (κ1) is 19.3. The summed E-state index contributed by atoms with van der Waals surface area (Å²) in [6.07, 6.45) is 9.93. The van der Waals surface area contributed by atoms with E-state index >= 15 is 0 Å². The van der Waals surface area contributed by atoms with Gasteiger partial charge in [0.1, 0.15) is 0 Å². The molecule has 1 aliphatic carbocycles. The van der Waals surface area contributed by atoms with Gasteiger partial charge in [-0.1, -0.05) is 0 Å². The van der Waals surface area contributed by atoms with Crippen LogP contribution < -0.4 is 0 Å². The van der Waals surface area contributed by atoms with Crippen LogP contribution in [0.3, 0.4) is 0 Å². The lowest BCUT2D eigenvalue weighted by Crippen LogP contribution is -2.50. The number of hydrogen-bond acceptors (Lipinski definition) is 4. The van der Waals surface area contributed by atoms with Crippen molar-refractivity contribution < 1.29 is 9.53 Å². The molecule has 0 bridgehead atoms. The molecule has 5 heteroatoms. The van der Waals surface area contributed by atoms with Gasteiger partial charge in [-0.3, -0.25) is 4.79 Å². The van der Waals surface area contributed by atoms with Crippen LogP contribution in [0.4, 0.5) is 0 Å². The van der Waals surface area contributed by atoms with E-state index in [1.54, 1.807) is 0 Å². The fourth-order valence-electron chi connectivity index (χ4n) is 7.45. The fraction of sp³-hybridized carbons (Fsp3) is 0.957. The summed E-state index contributed by atoms with van der Waals surface area (Å²) in [6.45, 7) is 9.81. The van der Waals surface area contributed by atoms with E-state index in [1.807, 2.05) is 0 Å². The third-order valence-electron chi connectivity index (χ3n) is 9.05. The van der Waals surface area contributed by atoms with E-state index in [9.17, 15) is 4.79 Å². The van der Waals surface area contributed by atoms with Gasteiger partial charge in [-0.2, -0.15) is 0 Å². The van der Waals surface area contributed by atoms with Crippen LogP contribution >= 0.6 is 0 Å². The normalized spacial score (nSPS) is 37.0. The average Bonchev–Trinajstić information content (AvgIpc) is 3.42. The third-order valence-corrected chi connectivity index (χ3v) is 9.05. The van der Waals surface area contributed by atoms with Crippen LogP contribution in [-0.2, 0) is 9.53 Å². The number of carbonyl (C=O) groups is 1. The van der Waals surface area contributed by atoms with Crippen molar-refractivity contribution in [3.63, 3.8) is 0 Å². The van der Waals surface area contributed by atoms with E-state index in [0.29, 0.717) is 17.2 Å². The van der Waals surface area contributed by atoms with Crippen LogP contribution in [0, 0.1) is 22.7 Å². The smallest absolute Gasteiger partial charge is 0.230 e. The van der Waals surface area contributed by atoms with Crippen molar-refractivity contribution in [2.45, 2.75) is 51.4 Å². The maximum atomic E-state index is 13.6. The minimum Gasteiger partial charge on any atom is -0.381 e. The summed E-state index contributed by atoms with van der Waals surface area (Å²) in [6, 6.07) is 0. The van der Waals surface area contributed by atoms with Crippen molar-refractivity contribution in [2.24, 2.45) is 22.7 Å². The summed E-state index contributed by atoms with van der Waals surface area (Å²) in [5, 5.41) is 0.